The van der Waals surface area contributed by atoms with Crippen LogP contribution < -0.4 is 0 Å². The van der Waals surface area contributed by atoms with Crippen LogP contribution in [0.2, 0.25) is 0 Å². The summed E-state index contributed by atoms with van der Waals surface area (Å²) in [6, 6.07) is 0. The number of aliphatic hydroxyl groups is 9. The predicted molar refractivity (Wildman–Crippen MR) is 69.9 cm³/mol. The van der Waals surface area contributed by atoms with Crippen molar-refractivity contribution in [1.82, 2.24) is 0 Å². The van der Waals surface area contributed by atoms with Gasteiger partial charge in [0.1, 0.15) is 54.9 Å². The molecule has 1 aliphatic rings. The number of hydrogen-bond donors (Lipinski definition) is 9. The zero-order valence-corrected chi connectivity index (χ0v) is 12.0. The van der Waals surface area contributed by atoms with Gasteiger partial charge in [0.25, 0.3) is 0 Å². The largest absolute Gasteiger partial charge is 0.394 e. The summed E-state index contributed by atoms with van der Waals surface area (Å²) in [7, 11) is 0. The lowest BCUT2D eigenvalue weighted by molar-refractivity contribution is -0.248. The highest BCUT2D eigenvalue weighted by Crippen LogP contribution is 2.24. The van der Waals surface area contributed by atoms with Crippen LogP contribution in [0.25, 0.3) is 0 Å². The number of carbonyl (C=O) groups excluding carboxylic acids is 1. The van der Waals surface area contributed by atoms with Crippen molar-refractivity contribution in [3.8, 4) is 0 Å². The summed E-state index contributed by atoms with van der Waals surface area (Å²) in [6.45, 7) is -1.74. The van der Waals surface area contributed by atoms with Crippen molar-refractivity contribution in [3.05, 3.63) is 0 Å². The van der Waals surface area contributed by atoms with E-state index in [0.29, 0.717) is 0 Å². The van der Waals surface area contributed by atoms with Gasteiger partial charge in [-0.15, -0.1) is 0 Å². The topological polar surface area (TPSA) is 208 Å². The number of carbonyl (C=O) groups is 1. The molecule has 1 saturated heterocycles. The molecule has 0 aromatic carbocycles. The molecule has 0 saturated carbocycles. The van der Waals surface area contributed by atoms with Gasteiger partial charge >= 0.3 is 0 Å². The number of ether oxygens (including phenoxy) is 1. The number of hydrogen-bond acceptors (Lipinski definition) is 11. The van der Waals surface area contributed by atoms with Gasteiger partial charge in [-0.3, -0.25) is 4.79 Å². The third-order valence-electron chi connectivity index (χ3n) is 3.73. The van der Waals surface area contributed by atoms with Crippen molar-refractivity contribution in [2.75, 3.05) is 13.2 Å². The summed E-state index contributed by atoms with van der Waals surface area (Å²) in [4.78, 5) is 11.9. The van der Waals surface area contributed by atoms with E-state index in [0.717, 1.165) is 0 Å². The molecule has 0 spiro atoms. The summed E-state index contributed by atoms with van der Waals surface area (Å²) in [5.41, 5.74) is 0. The molecule has 0 bridgehead atoms. The van der Waals surface area contributed by atoms with E-state index in [2.05, 4.69) is 0 Å². The van der Waals surface area contributed by atoms with E-state index in [4.69, 9.17) is 20.1 Å². The van der Waals surface area contributed by atoms with Crippen LogP contribution in [0.4, 0.5) is 0 Å². The van der Waals surface area contributed by atoms with Gasteiger partial charge in [0.15, 0.2) is 5.78 Å². The van der Waals surface area contributed by atoms with Crippen LogP contribution in [-0.4, -0.2) is 120 Å². The van der Waals surface area contributed by atoms with E-state index in [1.165, 1.54) is 0 Å². The van der Waals surface area contributed by atoms with Crippen molar-refractivity contribution >= 4 is 5.78 Å². The maximum Gasteiger partial charge on any atom is 0.195 e. The average molecular weight is 342 g/mol. The normalized spacial score (nSPS) is 37.0. The fourth-order valence-corrected chi connectivity index (χ4v) is 2.21. The van der Waals surface area contributed by atoms with Crippen LogP contribution in [-0.2, 0) is 9.53 Å². The van der Waals surface area contributed by atoms with Crippen LogP contribution in [0.1, 0.15) is 0 Å². The van der Waals surface area contributed by atoms with Crippen molar-refractivity contribution in [3.63, 3.8) is 0 Å². The Kier molecular flexibility index (Phi) is 7.41. The molecule has 1 fully saturated rings. The predicted octanol–water partition coefficient (Wildman–Crippen LogP) is -6.17. The fraction of sp³-hybridized carbons (Fsp3) is 0.917. The van der Waals surface area contributed by atoms with E-state index in [-0.39, 0.29) is 0 Å². The summed E-state index contributed by atoms with van der Waals surface area (Å²) < 4.78 is 4.94. The molecular formula is C12H22O11. The van der Waals surface area contributed by atoms with Crippen LogP contribution in [0, 0.1) is 0 Å². The molecule has 0 amide bonds. The lowest BCUT2D eigenvalue weighted by Gasteiger charge is -2.41. The van der Waals surface area contributed by atoms with Gasteiger partial charge in [-0.25, -0.2) is 0 Å². The van der Waals surface area contributed by atoms with Crippen molar-refractivity contribution in [1.29, 1.82) is 0 Å². The Morgan fingerprint density at radius 1 is 0.957 bits per heavy atom. The Hall–Kier alpha value is -0.730. The molecule has 11 heteroatoms. The quantitative estimate of drug-likeness (QED) is 0.212. The molecular weight excluding hydrogens is 320 g/mol. The van der Waals surface area contributed by atoms with Crippen LogP contribution >= 0.6 is 0 Å². The molecule has 0 aromatic heterocycles. The molecule has 2 unspecified atom stereocenters. The summed E-state index contributed by atoms with van der Waals surface area (Å²) in [5, 5.41) is 84.6. The number of aliphatic hydroxyl groups excluding tert-OH is 9. The highest BCUT2D eigenvalue weighted by atomic mass is 16.6. The second kappa shape index (κ2) is 8.39. The van der Waals surface area contributed by atoms with Crippen molar-refractivity contribution in [2.45, 2.75) is 54.9 Å². The molecule has 0 aliphatic carbocycles. The third-order valence-corrected chi connectivity index (χ3v) is 3.73. The SMILES string of the molecule is O=C(C(O)C1O[C@H](CO)[C@@H](O)[C@H](O)[C@H]1O)[C@H](O)[C@@H](O)[C@@H](O)CO. The molecule has 9 atom stereocenters. The van der Waals surface area contributed by atoms with Crippen LogP contribution in [0.3, 0.4) is 0 Å². The highest BCUT2D eigenvalue weighted by molar-refractivity contribution is 5.88. The smallest absolute Gasteiger partial charge is 0.195 e. The first-order valence-electron chi connectivity index (χ1n) is 6.84. The van der Waals surface area contributed by atoms with E-state index in [1.807, 2.05) is 0 Å². The summed E-state index contributed by atoms with van der Waals surface area (Å²) >= 11 is 0. The lowest BCUT2D eigenvalue weighted by Crippen LogP contribution is -2.63. The Morgan fingerprint density at radius 2 is 1.52 bits per heavy atom. The maximum atomic E-state index is 11.9. The van der Waals surface area contributed by atoms with Crippen LogP contribution in [0.15, 0.2) is 0 Å². The zero-order valence-electron chi connectivity index (χ0n) is 12.0. The number of Topliss-reactive ketones (excluding diaryl/α,β-unsaturated/α-hetero) is 1. The first-order valence-corrected chi connectivity index (χ1v) is 6.84. The van der Waals surface area contributed by atoms with Gasteiger partial charge < -0.3 is 50.7 Å². The minimum atomic E-state index is -2.31. The third kappa shape index (κ3) is 4.22. The van der Waals surface area contributed by atoms with Gasteiger partial charge in [0, 0.05) is 0 Å². The van der Waals surface area contributed by atoms with E-state index < -0.39 is 73.9 Å². The highest BCUT2D eigenvalue weighted by Gasteiger charge is 2.49. The minimum absolute atomic E-state index is 0.781. The Labute approximate surface area is 130 Å². The molecule has 23 heavy (non-hydrogen) atoms. The summed E-state index contributed by atoms with van der Waals surface area (Å²) in [5.74, 6) is -1.45. The van der Waals surface area contributed by atoms with Crippen molar-refractivity contribution in [2.24, 2.45) is 0 Å². The van der Waals surface area contributed by atoms with Gasteiger partial charge in [0.05, 0.1) is 13.2 Å². The Bertz CT molecular complexity index is 389. The van der Waals surface area contributed by atoms with Crippen molar-refractivity contribution < 1.29 is 55.5 Å². The van der Waals surface area contributed by atoms with E-state index in [9.17, 15) is 35.4 Å². The number of ketones is 1. The standard InChI is InChI=1S/C12H22O11/c13-1-3(15)5(16)7(18)9(20)11(22)12-10(21)8(19)6(17)4(2-14)23-12/h3-8,10-19,21-22H,1-2H2/t3-,4+,5-,6+,7+,8-,10+,11?,12?/m0/s1. The molecule has 136 valence electrons. The molecule has 1 heterocycles. The molecule has 0 aromatic rings. The van der Waals surface area contributed by atoms with Gasteiger partial charge in [0.2, 0.25) is 0 Å². The zero-order chi connectivity index (χ0) is 17.9. The second-order valence-corrected chi connectivity index (χ2v) is 5.33. The van der Waals surface area contributed by atoms with Gasteiger partial charge in [-0.05, 0) is 0 Å². The first kappa shape index (κ1) is 20.3. The monoisotopic (exact) mass is 342 g/mol. The molecule has 11 nitrogen and oxygen atoms in total. The minimum Gasteiger partial charge on any atom is -0.394 e. The molecule has 9 N–H and O–H groups in total. The van der Waals surface area contributed by atoms with Crippen LogP contribution in [0.5, 0.6) is 0 Å². The lowest BCUT2D eigenvalue weighted by atomic mass is 9.89. The molecule has 1 rings (SSSR count). The maximum absolute atomic E-state index is 11.9. The Balaban J connectivity index is 2.85. The Morgan fingerprint density at radius 3 is 2.00 bits per heavy atom. The first-order chi connectivity index (χ1) is 10.7. The van der Waals surface area contributed by atoms with Gasteiger partial charge in [-0.1, -0.05) is 0 Å². The van der Waals surface area contributed by atoms with E-state index >= 15 is 0 Å². The summed E-state index contributed by atoms with van der Waals surface area (Å²) in [6.07, 6.45) is -17.1. The fourth-order valence-electron chi connectivity index (χ4n) is 2.21. The van der Waals surface area contributed by atoms with Gasteiger partial charge in [-0.2, -0.15) is 0 Å². The second-order valence-electron chi connectivity index (χ2n) is 5.33. The average Bonchev–Trinajstić information content (AvgIpc) is 2.56. The molecule has 0 radical (unpaired) electrons. The molecule has 1 aliphatic heterocycles. The van der Waals surface area contributed by atoms with E-state index in [1.54, 1.807) is 0 Å². The number of rotatable bonds is 7.